The molecule has 0 bridgehead atoms. The van der Waals surface area contributed by atoms with E-state index >= 15 is 0 Å². The van der Waals surface area contributed by atoms with Crippen LogP contribution >= 0.6 is 0 Å². The Kier molecular flexibility index (Phi) is 3.22. The molecule has 0 radical (unpaired) electrons. The highest BCUT2D eigenvalue weighted by molar-refractivity contribution is 6.89. The van der Waals surface area contributed by atoms with Gasteiger partial charge in [0.1, 0.15) is 5.82 Å². The number of hydrogen-bond donors (Lipinski definition) is 0. The zero-order valence-electron chi connectivity index (χ0n) is 19.7. The minimum Gasteiger partial charge on any atom is -0.256 e. The molecule has 0 atom stereocenters. The molecule has 124 valence electrons. The first-order chi connectivity index (χ1) is 12.5. The smallest absolute Gasteiger partial charge is 0.132 e. The van der Waals surface area contributed by atoms with Crippen LogP contribution < -0.4 is 5.19 Å². The number of halogens is 1. The normalized spacial score (nSPS) is 16.9. The topological polar surface area (TPSA) is 12.9 Å². The number of aromatic nitrogens is 1. The van der Waals surface area contributed by atoms with Crippen LogP contribution in [0.4, 0.5) is 4.39 Å². The molecule has 0 spiro atoms. The molecule has 23 heavy (non-hydrogen) atoms. The van der Waals surface area contributed by atoms with E-state index in [-0.39, 0.29) is 11.1 Å². The van der Waals surface area contributed by atoms with Crippen molar-refractivity contribution in [2.75, 3.05) is 0 Å². The number of pyridine rings is 1. The van der Waals surface area contributed by atoms with Gasteiger partial charge in [-0.15, -0.1) is 0 Å². The lowest BCUT2D eigenvalue weighted by molar-refractivity contribution is 0.412. The van der Waals surface area contributed by atoms with Crippen LogP contribution in [-0.4, -0.2) is 13.1 Å². The van der Waals surface area contributed by atoms with Crippen molar-refractivity contribution in [2.24, 2.45) is 5.41 Å². The maximum Gasteiger partial charge on any atom is 0.132 e. The molecular weight excluding hydrogens is 301 g/mol. The molecule has 3 heteroatoms. The van der Waals surface area contributed by atoms with Gasteiger partial charge in [-0.25, -0.2) is 4.39 Å². The standard InChI is InChI=1S/C20H28FNSi/c1-14-8-9-16(17(21)10-14)18-11-15(12-20(2,3)4)19(13-22-18)23(5,6)7/h8-11,13H,12H2,1-7H3/i1D3,12D2. The summed E-state index contributed by atoms with van der Waals surface area (Å²) in [4.78, 5) is 4.41. The zero-order chi connectivity index (χ0) is 21.7. The second-order valence-corrected chi connectivity index (χ2v) is 13.0. The van der Waals surface area contributed by atoms with Crippen LogP contribution in [0.1, 0.15) is 38.8 Å². The van der Waals surface area contributed by atoms with Gasteiger partial charge in [0.05, 0.1) is 13.8 Å². The van der Waals surface area contributed by atoms with Gasteiger partial charge in [-0.2, -0.15) is 0 Å². The van der Waals surface area contributed by atoms with Crippen molar-refractivity contribution in [2.45, 2.75) is 53.6 Å². The Labute approximate surface area is 148 Å². The third-order valence-corrected chi connectivity index (χ3v) is 5.48. The Morgan fingerprint density at radius 1 is 1.22 bits per heavy atom. The van der Waals surface area contributed by atoms with Crippen LogP contribution in [-0.2, 0) is 6.37 Å². The molecule has 0 N–H and O–H groups in total. The minimum absolute atomic E-state index is 0.0716. The molecule has 1 aromatic carbocycles. The summed E-state index contributed by atoms with van der Waals surface area (Å²) in [5, 5.41) is 0.899. The van der Waals surface area contributed by atoms with Crippen LogP contribution in [0, 0.1) is 18.1 Å². The molecule has 1 heterocycles. The molecule has 0 saturated carbocycles. The van der Waals surface area contributed by atoms with E-state index in [1.165, 1.54) is 12.1 Å². The van der Waals surface area contributed by atoms with Gasteiger partial charge in [-0.05, 0) is 53.2 Å². The van der Waals surface area contributed by atoms with Gasteiger partial charge in [0, 0.05) is 18.6 Å². The highest BCUT2D eigenvalue weighted by atomic mass is 28.3. The Bertz CT molecular complexity index is 880. The molecule has 0 aliphatic rings. The maximum absolute atomic E-state index is 14.7. The molecule has 1 aromatic heterocycles. The molecule has 2 rings (SSSR count). The lowest BCUT2D eigenvalue weighted by atomic mass is 9.88. The average Bonchev–Trinajstić information content (AvgIpc) is 2.51. The van der Waals surface area contributed by atoms with Crippen LogP contribution in [0.2, 0.25) is 19.6 Å². The van der Waals surface area contributed by atoms with E-state index in [0.29, 0.717) is 11.3 Å². The van der Waals surface area contributed by atoms with Crippen molar-refractivity contribution in [1.82, 2.24) is 4.98 Å². The molecule has 0 amide bonds. The molecule has 2 aromatic rings. The Hall–Kier alpha value is -1.48. The van der Waals surface area contributed by atoms with Crippen LogP contribution in [0.3, 0.4) is 0 Å². The fourth-order valence-electron chi connectivity index (χ4n) is 2.43. The molecule has 0 aliphatic heterocycles. The van der Waals surface area contributed by atoms with Crippen molar-refractivity contribution in [3.05, 3.63) is 47.4 Å². The van der Waals surface area contributed by atoms with E-state index < -0.39 is 32.5 Å². The second-order valence-electron chi connectivity index (χ2n) is 7.93. The monoisotopic (exact) mass is 334 g/mol. The van der Waals surface area contributed by atoms with Gasteiger partial charge >= 0.3 is 0 Å². The summed E-state index contributed by atoms with van der Waals surface area (Å²) in [6.07, 6.45) is 0.0208. The van der Waals surface area contributed by atoms with E-state index in [0.717, 1.165) is 11.3 Å². The van der Waals surface area contributed by atoms with Crippen molar-refractivity contribution in [1.29, 1.82) is 0 Å². The van der Waals surface area contributed by atoms with Gasteiger partial charge < -0.3 is 0 Å². The summed E-state index contributed by atoms with van der Waals surface area (Å²) in [6, 6.07) is 5.42. The maximum atomic E-state index is 14.7. The van der Waals surface area contributed by atoms with Crippen molar-refractivity contribution >= 4 is 13.3 Å². The number of benzene rings is 1. The fourth-order valence-corrected chi connectivity index (χ4v) is 3.83. The van der Waals surface area contributed by atoms with Gasteiger partial charge in [0.25, 0.3) is 0 Å². The van der Waals surface area contributed by atoms with Gasteiger partial charge in [0.15, 0.2) is 0 Å². The third kappa shape index (κ3) is 4.50. The molecule has 1 nitrogen and oxygen atoms in total. The van der Waals surface area contributed by atoms with Crippen molar-refractivity contribution in [3.63, 3.8) is 0 Å². The number of rotatable bonds is 3. The van der Waals surface area contributed by atoms with Gasteiger partial charge in [0.2, 0.25) is 0 Å². The van der Waals surface area contributed by atoms with E-state index in [4.69, 9.17) is 6.85 Å². The summed E-state index contributed by atoms with van der Waals surface area (Å²) in [7, 11) is -1.91. The Morgan fingerprint density at radius 2 is 1.91 bits per heavy atom. The van der Waals surface area contributed by atoms with Gasteiger partial charge in [-0.3, -0.25) is 4.98 Å². The molecule has 0 saturated heterocycles. The Morgan fingerprint density at radius 3 is 2.43 bits per heavy atom. The lowest BCUT2D eigenvalue weighted by Gasteiger charge is -2.26. The summed E-state index contributed by atoms with van der Waals surface area (Å²) in [6.45, 7) is 9.50. The van der Waals surface area contributed by atoms with E-state index in [9.17, 15) is 4.39 Å². The molecular formula is C20H28FNSi. The third-order valence-electron chi connectivity index (χ3n) is 3.47. The number of hydrogen-bond acceptors (Lipinski definition) is 1. The summed E-state index contributed by atoms with van der Waals surface area (Å²) in [5.74, 6) is -0.677. The summed E-state index contributed by atoms with van der Waals surface area (Å²) >= 11 is 0. The zero-order valence-corrected chi connectivity index (χ0v) is 15.7. The number of aryl methyl sites for hydroxylation is 1. The molecule has 0 aliphatic carbocycles. The molecule has 0 unspecified atom stereocenters. The van der Waals surface area contributed by atoms with Crippen molar-refractivity contribution < 1.29 is 11.2 Å². The second kappa shape index (κ2) is 6.20. The first-order valence-electron chi connectivity index (χ1n) is 10.3. The molecule has 0 fully saturated rings. The SMILES string of the molecule is [2H]C([2H])([2H])c1ccc(-c2cc(C([2H])([2H])C(C)(C)C)c([Si](C)(C)C)cn2)c(F)c1. The largest absolute Gasteiger partial charge is 0.256 e. The van der Waals surface area contributed by atoms with E-state index in [1.54, 1.807) is 12.3 Å². The highest BCUT2D eigenvalue weighted by Gasteiger charge is 2.24. The fraction of sp³-hybridized carbons (Fsp3) is 0.450. The van der Waals surface area contributed by atoms with Crippen molar-refractivity contribution in [3.8, 4) is 11.3 Å². The Balaban J connectivity index is 2.71. The average molecular weight is 335 g/mol. The highest BCUT2D eigenvalue weighted by Crippen LogP contribution is 2.26. The van der Waals surface area contributed by atoms with E-state index in [2.05, 4.69) is 24.6 Å². The predicted molar refractivity (Wildman–Crippen MR) is 101 cm³/mol. The van der Waals surface area contributed by atoms with E-state index in [1.807, 2.05) is 20.8 Å². The lowest BCUT2D eigenvalue weighted by Crippen LogP contribution is -2.41. The first-order valence-corrected chi connectivity index (χ1v) is 11.3. The predicted octanol–water partition coefficient (Wildman–Crippen LogP) is 5.33. The van der Waals surface area contributed by atoms with Crippen LogP contribution in [0.5, 0.6) is 0 Å². The summed E-state index contributed by atoms with van der Waals surface area (Å²) < 4.78 is 54.5. The number of nitrogens with zero attached hydrogens (tertiary/aromatic N) is 1. The van der Waals surface area contributed by atoms with Gasteiger partial charge in [-0.1, -0.05) is 46.5 Å². The summed E-state index contributed by atoms with van der Waals surface area (Å²) in [5.41, 5.74) is 0.269. The quantitative estimate of drug-likeness (QED) is 0.691. The van der Waals surface area contributed by atoms with Crippen LogP contribution in [0.15, 0.2) is 30.5 Å². The van der Waals surface area contributed by atoms with Crippen LogP contribution in [0.25, 0.3) is 11.3 Å². The first kappa shape index (κ1) is 12.0. The minimum atomic E-state index is -2.39.